The van der Waals surface area contributed by atoms with Crippen LogP contribution in [0.25, 0.3) is 6.08 Å². The minimum atomic E-state index is -0.457. The topological polar surface area (TPSA) is 57.1 Å². The maximum atomic E-state index is 12.2. The lowest BCUT2D eigenvalue weighted by atomic mass is 10.1. The zero-order chi connectivity index (χ0) is 18.4. The monoisotopic (exact) mass is 371 g/mol. The molecule has 0 atom stereocenters. The number of ether oxygens (including phenoxy) is 3. The molecular formula is C20H21NO4S. The fourth-order valence-electron chi connectivity index (χ4n) is 2.34. The molecule has 0 fully saturated rings. The third kappa shape index (κ3) is 4.32. The molecule has 0 saturated heterocycles. The molecule has 6 heteroatoms. The molecule has 0 spiro atoms. The number of rotatable bonds is 8. The molecule has 2 aromatic rings. The van der Waals surface area contributed by atoms with Gasteiger partial charge in [-0.25, -0.2) is 9.79 Å². The summed E-state index contributed by atoms with van der Waals surface area (Å²) in [5.74, 6) is 1.30. The van der Waals surface area contributed by atoms with Gasteiger partial charge in [0.05, 0.1) is 18.1 Å². The number of hydrogen-bond acceptors (Lipinski definition) is 6. The molecule has 0 bridgehead atoms. The van der Waals surface area contributed by atoms with E-state index in [1.165, 1.54) is 11.3 Å². The second-order valence-corrected chi connectivity index (χ2v) is 6.66. The summed E-state index contributed by atoms with van der Waals surface area (Å²) >= 11 is 1.48. The molecule has 1 aromatic heterocycles. The molecule has 0 unspecified atom stereocenters. The normalized spacial score (nSPS) is 15.1. The highest BCUT2D eigenvalue weighted by Gasteiger charge is 2.25. The number of thiophene rings is 1. The zero-order valence-corrected chi connectivity index (χ0v) is 15.7. The van der Waals surface area contributed by atoms with E-state index in [0.29, 0.717) is 24.9 Å². The van der Waals surface area contributed by atoms with Crippen molar-refractivity contribution in [3.63, 3.8) is 0 Å². The van der Waals surface area contributed by atoms with Crippen LogP contribution >= 0.6 is 11.3 Å². The highest BCUT2D eigenvalue weighted by atomic mass is 32.1. The van der Waals surface area contributed by atoms with E-state index in [-0.39, 0.29) is 5.70 Å². The van der Waals surface area contributed by atoms with Gasteiger partial charge in [-0.2, -0.15) is 0 Å². The lowest BCUT2D eigenvalue weighted by molar-refractivity contribution is -0.129. The smallest absolute Gasteiger partial charge is 0.363 e. The van der Waals surface area contributed by atoms with Crippen molar-refractivity contribution in [3.05, 3.63) is 51.8 Å². The quantitative estimate of drug-likeness (QED) is 0.500. The molecule has 0 amide bonds. The molecule has 26 heavy (non-hydrogen) atoms. The van der Waals surface area contributed by atoms with Crippen molar-refractivity contribution in [2.45, 2.75) is 26.7 Å². The van der Waals surface area contributed by atoms with Crippen LogP contribution in [0.1, 0.15) is 37.1 Å². The van der Waals surface area contributed by atoms with Crippen LogP contribution in [0, 0.1) is 0 Å². The van der Waals surface area contributed by atoms with Gasteiger partial charge in [0, 0.05) is 11.6 Å². The zero-order valence-electron chi connectivity index (χ0n) is 14.9. The Bertz CT molecular complexity index is 824. The predicted octanol–water partition coefficient (Wildman–Crippen LogP) is 4.67. The van der Waals surface area contributed by atoms with Crippen LogP contribution in [-0.2, 0) is 9.53 Å². The Hall–Kier alpha value is -2.60. The van der Waals surface area contributed by atoms with Crippen molar-refractivity contribution in [2.75, 3.05) is 13.2 Å². The van der Waals surface area contributed by atoms with Crippen LogP contribution in [0.3, 0.4) is 0 Å². The average Bonchev–Trinajstić information content (AvgIpc) is 3.30. The van der Waals surface area contributed by atoms with Crippen LogP contribution in [0.2, 0.25) is 0 Å². The first-order chi connectivity index (χ1) is 12.7. The first-order valence-electron chi connectivity index (χ1n) is 8.67. The van der Waals surface area contributed by atoms with Gasteiger partial charge in [-0.3, -0.25) is 0 Å². The number of nitrogens with zero attached hydrogens (tertiary/aromatic N) is 1. The molecule has 3 rings (SSSR count). The SMILES string of the molecule is CCCOc1ccc(/C=C2\N=C(c3cccs3)OC2=O)c(OCCC)c1. The molecule has 136 valence electrons. The van der Waals surface area contributed by atoms with E-state index in [1.54, 1.807) is 6.08 Å². The van der Waals surface area contributed by atoms with Crippen LogP contribution in [0.4, 0.5) is 0 Å². The maximum absolute atomic E-state index is 12.2. The standard InChI is InChI=1S/C20H21NO4S/c1-3-9-23-15-8-7-14(17(13-15)24-10-4-2)12-16-20(22)25-19(21-16)18-6-5-11-26-18/h5-8,11-13H,3-4,9-10H2,1-2H3/b16-12-. The van der Waals surface area contributed by atoms with Crippen LogP contribution in [-0.4, -0.2) is 25.1 Å². The van der Waals surface area contributed by atoms with Gasteiger partial charge in [0.25, 0.3) is 0 Å². The molecule has 0 N–H and O–H groups in total. The third-order valence-electron chi connectivity index (χ3n) is 3.56. The van der Waals surface area contributed by atoms with E-state index >= 15 is 0 Å². The van der Waals surface area contributed by atoms with Crippen LogP contribution in [0.15, 0.2) is 46.4 Å². The highest BCUT2D eigenvalue weighted by molar-refractivity contribution is 7.12. The molecule has 5 nitrogen and oxygen atoms in total. The van der Waals surface area contributed by atoms with Crippen molar-refractivity contribution < 1.29 is 19.0 Å². The van der Waals surface area contributed by atoms with Gasteiger partial charge in [-0.05, 0) is 42.5 Å². The number of hydrogen-bond donors (Lipinski definition) is 0. The lowest BCUT2D eigenvalue weighted by Crippen LogP contribution is -2.03. The Balaban J connectivity index is 1.89. The second kappa shape index (κ2) is 8.67. The number of carbonyl (C=O) groups is 1. The lowest BCUT2D eigenvalue weighted by Gasteiger charge is -2.11. The molecule has 1 aliphatic rings. The minimum absolute atomic E-state index is 0.261. The number of carbonyl (C=O) groups excluding carboxylic acids is 1. The Morgan fingerprint density at radius 1 is 1.15 bits per heavy atom. The fraction of sp³-hybridized carbons (Fsp3) is 0.300. The Kier molecular flexibility index (Phi) is 6.07. The van der Waals surface area contributed by atoms with E-state index < -0.39 is 5.97 Å². The van der Waals surface area contributed by atoms with Crippen LogP contribution < -0.4 is 9.47 Å². The van der Waals surface area contributed by atoms with E-state index in [9.17, 15) is 4.79 Å². The molecule has 1 aliphatic heterocycles. The predicted molar refractivity (Wildman–Crippen MR) is 103 cm³/mol. The number of benzene rings is 1. The van der Waals surface area contributed by atoms with Crippen molar-refractivity contribution in [2.24, 2.45) is 4.99 Å². The molecule has 1 aromatic carbocycles. The summed E-state index contributed by atoms with van der Waals surface area (Å²) in [6.45, 7) is 5.33. The van der Waals surface area contributed by atoms with Crippen molar-refractivity contribution in [1.29, 1.82) is 0 Å². The molecular weight excluding hydrogens is 350 g/mol. The first-order valence-corrected chi connectivity index (χ1v) is 9.55. The summed E-state index contributed by atoms with van der Waals surface area (Å²) < 4.78 is 16.8. The second-order valence-electron chi connectivity index (χ2n) is 5.71. The van der Waals surface area contributed by atoms with Crippen molar-refractivity contribution in [3.8, 4) is 11.5 Å². The average molecular weight is 371 g/mol. The van der Waals surface area contributed by atoms with Gasteiger partial charge in [0.1, 0.15) is 11.5 Å². The molecule has 2 heterocycles. The van der Waals surface area contributed by atoms with Gasteiger partial charge in [0.15, 0.2) is 5.70 Å². The summed E-state index contributed by atoms with van der Waals surface area (Å²) in [6, 6.07) is 9.35. The summed E-state index contributed by atoms with van der Waals surface area (Å²) in [7, 11) is 0. The number of aliphatic imine (C=N–C) groups is 1. The van der Waals surface area contributed by atoms with E-state index in [2.05, 4.69) is 11.9 Å². The number of cyclic esters (lactones) is 1. The Morgan fingerprint density at radius 2 is 1.96 bits per heavy atom. The van der Waals surface area contributed by atoms with Crippen molar-refractivity contribution >= 4 is 29.3 Å². The Morgan fingerprint density at radius 3 is 2.69 bits per heavy atom. The van der Waals surface area contributed by atoms with Crippen LogP contribution in [0.5, 0.6) is 11.5 Å². The summed E-state index contributed by atoms with van der Waals surface area (Å²) in [5.41, 5.74) is 1.03. The number of esters is 1. The third-order valence-corrected chi connectivity index (χ3v) is 4.42. The van der Waals surface area contributed by atoms with Gasteiger partial charge >= 0.3 is 5.97 Å². The highest BCUT2D eigenvalue weighted by Crippen LogP contribution is 2.29. The van der Waals surface area contributed by atoms with E-state index in [0.717, 1.165) is 29.0 Å². The summed E-state index contributed by atoms with van der Waals surface area (Å²) in [5, 5.41) is 1.92. The first kappa shape index (κ1) is 18.2. The summed E-state index contributed by atoms with van der Waals surface area (Å²) in [4.78, 5) is 17.3. The van der Waals surface area contributed by atoms with E-state index in [4.69, 9.17) is 14.2 Å². The fourth-order valence-corrected chi connectivity index (χ4v) is 2.99. The van der Waals surface area contributed by atoms with Crippen molar-refractivity contribution in [1.82, 2.24) is 0 Å². The van der Waals surface area contributed by atoms with Gasteiger partial charge < -0.3 is 14.2 Å². The largest absolute Gasteiger partial charge is 0.493 e. The molecule has 0 aliphatic carbocycles. The summed E-state index contributed by atoms with van der Waals surface area (Å²) in [6.07, 6.45) is 3.51. The van der Waals surface area contributed by atoms with Gasteiger partial charge in [-0.15, -0.1) is 11.3 Å². The maximum Gasteiger partial charge on any atom is 0.363 e. The van der Waals surface area contributed by atoms with Gasteiger partial charge in [0.2, 0.25) is 5.90 Å². The van der Waals surface area contributed by atoms with E-state index in [1.807, 2.05) is 42.6 Å². The molecule has 0 saturated carbocycles. The Labute approximate surface area is 156 Å². The minimum Gasteiger partial charge on any atom is -0.493 e. The van der Waals surface area contributed by atoms with Gasteiger partial charge in [-0.1, -0.05) is 19.9 Å². The molecule has 0 radical (unpaired) electrons.